The summed E-state index contributed by atoms with van der Waals surface area (Å²) < 4.78 is 5.08. The van der Waals surface area contributed by atoms with E-state index in [1.54, 1.807) is 44.4 Å². The lowest BCUT2D eigenvalue weighted by atomic mass is 10.1. The first-order valence-electron chi connectivity index (χ1n) is 7.73. The van der Waals surface area contributed by atoms with Gasteiger partial charge in [-0.1, -0.05) is 24.3 Å². The molecule has 5 N–H and O–H groups in total. The average Bonchev–Trinajstić information content (AvgIpc) is 2.60. The van der Waals surface area contributed by atoms with Crippen LogP contribution in [0.25, 0.3) is 0 Å². The molecule has 2 rings (SSSR count). The Morgan fingerprint density at radius 3 is 2.44 bits per heavy atom. The lowest BCUT2D eigenvalue weighted by molar-refractivity contribution is -0.122. The molecule has 0 aliphatic rings. The van der Waals surface area contributed by atoms with Crippen molar-refractivity contribution < 1.29 is 14.3 Å². The zero-order chi connectivity index (χ0) is 18.4. The van der Waals surface area contributed by atoms with E-state index in [9.17, 15) is 9.59 Å². The van der Waals surface area contributed by atoms with E-state index >= 15 is 0 Å². The van der Waals surface area contributed by atoms with Gasteiger partial charge in [0, 0.05) is 12.2 Å². The maximum Gasteiger partial charge on any atom is 0.270 e. The standard InChI is InChI=1S/C18H22N4O3/c1-12-4-3-5-15(19)17(12)18(24)22(20)11-16(23)21-10-13-6-8-14(25-2)9-7-13/h3-9H,10-11,19-20H2,1-2H3,(H,21,23). The highest BCUT2D eigenvalue weighted by atomic mass is 16.5. The Kier molecular flexibility index (Phi) is 5.97. The molecule has 25 heavy (non-hydrogen) atoms. The molecule has 132 valence electrons. The number of methoxy groups -OCH3 is 1. The van der Waals surface area contributed by atoms with Crippen molar-refractivity contribution in [3.8, 4) is 5.75 Å². The minimum atomic E-state index is -0.491. The Balaban J connectivity index is 1.92. The van der Waals surface area contributed by atoms with Gasteiger partial charge < -0.3 is 15.8 Å². The molecule has 0 unspecified atom stereocenters. The van der Waals surface area contributed by atoms with Gasteiger partial charge in [0.1, 0.15) is 12.3 Å². The number of benzene rings is 2. The zero-order valence-electron chi connectivity index (χ0n) is 14.3. The number of carbonyl (C=O) groups excluding carboxylic acids is 2. The molecule has 0 bridgehead atoms. The van der Waals surface area contributed by atoms with Gasteiger partial charge in [0.2, 0.25) is 5.91 Å². The van der Waals surface area contributed by atoms with Gasteiger partial charge in [-0.3, -0.25) is 14.6 Å². The van der Waals surface area contributed by atoms with Crippen LogP contribution in [0.4, 0.5) is 5.69 Å². The van der Waals surface area contributed by atoms with Gasteiger partial charge in [-0.15, -0.1) is 0 Å². The third-order valence-electron chi connectivity index (χ3n) is 3.74. The van der Waals surface area contributed by atoms with Gasteiger partial charge in [0.25, 0.3) is 5.91 Å². The van der Waals surface area contributed by atoms with E-state index in [0.29, 0.717) is 23.4 Å². The quantitative estimate of drug-likeness (QED) is 0.316. The van der Waals surface area contributed by atoms with E-state index in [-0.39, 0.29) is 12.5 Å². The van der Waals surface area contributed by atoms with Crippen molar-refractivity contribution >= 4 is 17.5 Å². The van der Waals surface area contributed by atoms with Gasteiger partial charge in [-0.05, 0) is 36.2 Å². The molecule has 0 spiro atoms. The van der Waals surface area contributed by atoms with Crippen LogP contribution in [0.1, 0.15) is 21.5 Å². The Morgan fingerprint density at radius 2 is 1.84 bits per heavy atom. The van der Waals surface area contributed by atoms with Crippen LogP contribution in [0.15, 0.2) is 42.5 Å². The molecule has 2 amide bonds. The number of amides is 2. The van der Waals surface area contributed by atoms with Crippen LogP contribution >= 0.6 is 0 Å². The summed E-state index contributed by atoms with van der Waals surface area (Å²) in [5, 5.41) is 3.58. The van der Waals surface area contributed by atoms with E-state index in [2.05, 4.69) is 5.32 Å². The van der Waals surface area contributed by atoms with Crippen molar-refractivity contribution in [2.75, 3.05) is 19.4 Å². The Bertz CT molecular complexity index is 739. The second kappa shape index (κ2) is 8.16. The number of nitrogen functional groups attached to an aromatic ring is 1. The number of hydrogen-bond acceptors (Lipinski definition) is 5. The molecule has 0 fully saturated rings. The summed E-state index contributed by atoms with van der Waals surface area (Å²) in [5.74, 6) is 5.63. The fourth-order valence-corrected chi connectivity index (χ4v) is 2.35. The third kappa shape index (κ3) is 4.71. The number of anilines is 1. The third-order valence-corrected chi connectivity index (χ3v) is 3.74. The fourth-order valence-electron chi connectivity index (χ4n) is 2.35. The summed E-state index contributed by atoms with van der Waals surface area (Å²) in [7, 11) is 1.59. The molecule has 7 heteroatoms. The molecule has 0 aliphatic carbocycles. The Hall–Kier alpha value is -3.06. The largest absolute Gasteiger partial charge is 0.497 e. The molecule has 2 aromatic carbocycles. The maximum absolute atomic E-state index is 12.4. The Labute approximate surface area is 146 Å². The van der Waals surface area contributed by atoms with Crippen LogP contribution in [-0.4, -0.2) is 30.5 Å². The molecular weight excluding hydrogens is 320 g/mol. The first-order valence-corrected chi connectivity index (χ1v) is 7.73. The maximum atomic E-state index is 12.4. The first-order chi connectivity index (χ1) is 11.9. The van der Waals surface area contributed by atoms with E-state index in [1.165, 1.54) is 0 Å². The van der Waals surface area contributed by atoms with Crippen molar-refractivity contribution in [3.63, 3.8) is 0 Å². The van der Waals surface area contributed by atoms with Crippen molar-refractivity contribution in [1.29, 1.82) is 0 Å². The fraction of sp³-hybridized carbons (Fsp3) is 0.222. The second-order valence-electron chi connectivity index (χ2n) is 5.60. The van der Waals surface area contributed by atoms with E-state index < -0.39 is 5.91 Å². The lowest BCUT2D eigenvalue weighted by Gasteiger charge is -2.18. The first kappa shape index (κ1) is 18.3. The predicted molar refractivity (Wildman–Crippen MR) is 95.7 cm³/mol. The molecule has 0 atom stereocenters. The van der Waals surface area contributed by atoms with Gasteiger partial charge in [0.15, 0.2) is 0 Å². The molecule has 0 radical (unpaired) electrons. The highest BCUT2D eigenvalue weighted by Crippen LogP contribution is 2.17. The van der Waals surface area contributed by atoms with E-state index in [1.807, 2.05) is 12.1 Å². The van der Waals surface area contributed by atoms with Crippen LogP contribution in [0, 0.1) is 6.92 Å². The summed E-state index contributed by atoms with van der Waals surface area (Å²) in [6, 6.07) is 12.4. The van der Waals surface area contributed by atoms with E-state index in [0.717, 1.165) is 16.3 Å². The number of aryl methyl sites for hydroxylation is 1. The van der Waals surface area contributed by atoms with Gasteiger partial charge in [-0.2, -0.15) is 0 Å². The summed E-state index contributed by atoms with van der Waals surface area (Å²) in [4.78, 5) is 24.4. The Morgan fingerprint density at radius 1 is 1.16 bits per heavy atom. The predicted octanol–water partition coefficient (Wildman–Crippen LogP) is 1.22. The molecule has 7 nitrogen and oxygen atoms in total. The van der Waals surface area contributed by atoms with Crippen LogP contribution in [0.2, 0.25) is 0 Å². The molecule has 0 saturated heterocycles. The zero-order valence-corrected chi connectivity index (χ0v) is 14.3. The minimum Gasteiger partial charge on any atom is -0.497 e. The van der Waals surface area contributed by atoms with Crippen molar-refractivity contribution in [2.45, 2.75) is 13.5 Å². The number of ether oxygens (including phenoxy) is 1. The van der Waals surface area contributed by atoms with Crippen molar-refractivity contribution in [3.05, 3.63) is 59.2 Å². The number of rotatable bonds is 6. The van der Waals surface area contributed by atoms with Crippen LogP contribution < -0.4 is 21.6 Å². The SMILES string of the molecule is COc1ccc(CNC(=O)CN(N)C(=O)c2c(C)cccc2N)cc1. The number of hydrazine groups is 1. The smallest absolute Gasteiger partial charge is 0.270 e. The summed E-state index contributed by atoms with van der Waals surface area (Å²) in [6.45, 7) is 1.83. The second-order valence-corrected chi connectivity index (χ2v) is 5.60. The molecule has 0 aromatic heterocycles. The van der Waals surface area contributed by atoms with Crippen molar-refractivity contribution in [1.82, 2.24) is 10.3 Å². The van der Waals surface area contributed by atoms with Crippen LogP contribution in [0.5, 0.6) is 5.75 Å². The number of nitrogens with one attached hydrogen (secondary N) is 1. The highest BCUT2D eigenvalue weighted by Gasteiger charge is 2.19. The molecule has 0 aliphatic heterocycles. The van der Waals surface area contributed by atoms with Gasteiger partial charge >= 0.3 is 0 Å². The number of nitrogens with zero attached hydrogens (tertiary/aromatic N) is 1. The average molecular weight is 342 g/mol. The summed E-state index contributed by atoms with van der Waals surface area (Å²) in [6.07, 6.45) is 0. The summed E-state index contributed by atoms with van der Waals surface area (Å²) >= 11 is 0. The monoisotopic (exact) mass is 342 g/mol. The van der Waals surface area contributed by atoms with Crippen LogP contribution in [0.3, 0.4) is 0 Å². The number of hydrogen-bond donors (Lipinski definition) is 3. The number of carbonyl (C=O) groups is 2. The topological polar surface area (TPSA) is 111 Å². The lowest BCUT2D eigenvalue weighted by Crippen LogP contribution is -2.45. The normalized spacial score (nSPS) is 10.2. The van der Waals surface area contributed by atoms with Gasteiger partial charge in [-0.25, -0.2) is 5.84 Å². The molecular formula is C18H22N4O3. The summed E-state index contributed by atoms with van der Waals surface area (Å²) in [5.41, 5.74) is 8.10. The van der Waals surface area contributed by atoms with Crippen molar-refractivity contribution in [2.24, 2.45) is 5.84 Å². The minimum absolute atomic E-state index is 0.261. The molecule has 0 heterocycles. The van der Waals surface area contributed by atoms with Gasteiger partial charge in [0.05, 0.1) is 12.7 Å². The van der Waals surface area contributed by atoms with Crippen LogP contribution in [-0.2, 0) is 11.3 Å². The molecule has 0 saturated carbocycles. The highest BCUT2D eigenvalue weighted by molar-refractivity contribution is 6.01. The number of nitrogens with two attached hydrogens (primary N) is 2. The van der Waals surface area contributed by atoms with E-state index in [4.69, 9.17) is 16.3 Å². The molecule has 2 aromatic rings.